The summed E-state index contributed by atoms with van der Waals surface area (Å²) in [6, 6.07) is 33.8. The van der Waals surface area contributed by atoms with Crippen LogP contribution in [0.2, 0.25) is 0 Å². The molecule has 4 aromatic rings. The Labute approximate surface area is 196 Å². The summed E-state index contributed by atoms with van der Waals surface area (Å²) in [5.74, 6) is 0.582. The van der Waals surface area contributed by atoms with Gasteiger partial charge >= 0.3 is 26.2 Å². The third-order valence-electron chi connectivity index (χ3n) is 2.73. The van der Waals surface area contributed by atoms with E-state index in [0.29, 0.717) is 11.5 Å². The van der Waals surface area contributed by atoms with E-state index >= 15 is 0 Å². The molecule has 0 aliphatic heterocycles. The van der Waals surface area contributed by atoms with Gasteiger partial charge in [0.15, 0.2) is 0 Å². The van der Waals surface area contributed by atoms with Gasteiger partial charge in [0.25, 0.3) is 0 Å². The Balaban J connectivity index is 0.000000337. The molecular weight excluding hydrogens is 547 g/mol. The van der Waals surface area contributed by atoms with Crippen molar-refractivity contribution in [3.05, 3.63) is 118 Å². The molecule has 27 heavy (non-hydrogen) atoms. The molecule has 0 spiro atoms. The van der Waals surface area contributed by atoms with E-state index in [9.17, 15) is 0 Å². The molecule has 138 valence electrons. The van der Waals surface area contributed by atoms with Gasteiger partial charge in [-0.05, 0) is 36.4 Å². The van der Waals surface area contributed by atoms with Gasteiger partial charge in [-0.25, -0.2) is 24.3 Å². The summed E-state index contributed by atoms with van der Waals surface area (Å²) < 4.78 is 1.80. The van der Waals surface area contributed by atoms with E-state index in [1.165, 1.54) is 0 Å². The molecule has 5 heteroatoms. The summed E-state index contributed by atoms with van der Waals surface area (Å²) in [6.07, 6.45) is 0. The molecule has 0 unspecified atom stereocenters. The number of phenols is 2. The minimum atomic E-state index is 0. The number of halogens is 2. The molecule has 4 aromatic carbocycles. The largest absolute Gasteiger partial charge is 2.00 e. The fraction of sp³-hybridized carbons (Fsp3) is 0. The van der Waals surface area contributed by atoms with Gasteiger partial charge < -0.3 is 10.2 Å². The van der Waals surface area contributed by atoms with Crippen molar-refractivity contribution in [2.24, 2.45) is 0 Å². The molecular formula is C22H20Br2O2Zr. The molecule has 4 rings (SSSR count). The van der Waals surface area contributed by atoms with Crippen LogP contribution in [0.1, 0.15) is 0 Å². The summed E-state index contributed by atoms with van der Waals surface area (Å²) >= 11 is 6.40. The standard InChI is InChI=1S/2C6H5BrO.2C5H5.Zr/c2*7-5-2-1-3-6(8)4-5;2*1-2-4-5-3-1;/h2*1-4,8H;2*1-5H;/q;;2*-1;+2. The number of hydrogen-bond acceptors (Lipinski definition) is 2. The third kappa shape index (κ3) is 15.3. The van der Waals surface area contributed by atoms with Crippen molar-refractivity contribution < 1.29 is 36.4 Å². The van der Waals surface area contributed by atoms with Crippen molar-refractivity contribution in [3.63, 3.8) is 0 Å². The van der Waals surface area contributed by atoms with Gasteiger partial charge in [-0.15, -0.1) is 0 Å². The maximum atomic E-state index is 8.78. The molecule has 0 aromatic heterocycles. The van der Waals surface area contributed by atoms with Crippen LogP contribution in [-0.2, 0) is 26.2 Å². The van der Waals surface area contributed by atoms with Gasteiger partial charge in [-0.1, -0.05) is 44.0 Å². The second kappa shape index (κ2) is 16.7. The maximum absolute atomic E-state index is 8.78. The summed E-state index contributed by atoms with van der Waals surface area (Å²) in [5, 5.41) is 17.6. The van der Waals surface area contributed by atoms with E-state index in [1.807, 2.05) is 72.8 Å². The normalized spacial score (nSPS) is 8.37. The molecule has 0 fully saturated rings. The minimum absolute atomic E-state index is 0. The minimum Gasteiger partial charge on any atom is -0.508 e. The average molecular weight is 567 g/mol. The van der Waals surface area contributed by atoms with E-state index in [0.717, 1.165) is 8.95 Å². The fourth-order valence-corrected chi connectivity index (χ4v) is 2.37. The monoisotopic (exact) mass is 564 g/mol. The van der Waals surface area contributed by atoms with Crippen LogP contribution in [0.15, 0.2) is 118 Å². The molecule has 0 amide bonds. The van der Waals surface area contributed by atoms with Crippen LogP contribution in [0.3, 0.4) is 0 Å². The second-order valence-corrected chi connectivity index (χ2v) is 6.72. The fourth-order valence-electron chi connectivity index (χ4n) is 1.59. The molecule has 0 saturated heterocycles. The molecule has 0 bridgehead atoms. The van der Waals surface area contributed by atoms with Crippen molar-refractivity contribution in [3.8, 4) is 11.5 Å². The average Bonchev–Trinajstić information content (AvgIpc) is 3.34. The first kappa shape index (κ1) is 25.6. The first-order valence-corrected chi connectivity index (χ1v) is 9.39. The van der Waals surface area contributed by atoms with Crippen LogP contribution in [0.5, 0.6) is 11.5 Å². The Kier molecular flexibility index (Phi) is 15.9. The van der Waals surface area contributed by atoms with Crippen molar-refractivity contribution in [1.29, 1.82) is 0 Å². The van der Waals surface area contributed by atoms with Gasteiger partial charge in [-0.2, -0.15) is 36.4 Å². The molecule has 0 heterocycles. The summed E-state index contributed by atoms with van der Waals surface area (Å²) in [7, 11) is 0. The summed E-state index contributed by atoms with van der Waals surface area (Å²) in [5.41, 5.74) is 0. The van der Waals surface area contributed by atoms with E-state index in [4.69, 9.17) is 10.2 Å². The molecule has 0 aliphatic carbocycles. The van der Waals surface area contributed by atoms with Crippen LogP contribution >= 0.6 is 31.9 Å². The van der Waals surface area contributed by atoms with E-state index in [1.54, 1.807) is 36.4 Å². The van der Waals surface area contributed by atoms with Crippen LogP contribution in [0, 0.1) is 0 Å². The van der Waals surface area contributed by atoms with Crippen molar-refractivity contribution in [2.75, 3.05) is 0 Å². The number of phenolic OH excluding ortho intramolecular Hbond substituents is 2. The smallest absolute Gasteiger partial charge is 0.508 e. The quantitative estimate of drug-likeness (QED) is 0.222. The zero-order chi connectivity index (χ0) is 19.0. The van der Waals surface area contributed by atoms with Crippen LogP contribution in [-0.4, -0.2) is 10.2 Å². The van der Waals surface area contributed by atoms with E-state index in [-0.39, 0.29) is 26.2 Å². The molecule has 0 radical (unpaired) electrons. The molecule has 0 atom stereocenters. The Hall–Kier alpha value is -1.42. The van der Waals surface area contributed by atoms with Crippen molar-refractivity contribution >= 4 is 31.9 Å². The Bertz CT molecular complexity index is 662. The van der Waals surface area contributed by atoms with E-state index < -0.39 is 0 Å². The van der Waals surface area contributed by atoms with Crippen molar-refractivity contribution in [2.45, 2.75) is 0 Å². The zero-order valence-corrected chi connectivity index (χ0v) is 20.2. The first-order valence-electron chi connectivity index (χ1n) is 7.80. The topological polar surface area (TPSA) is 40.5 Å². The van der Waals surface area contributed by atoms with Gasteiger partial charge in [0.05, 0.1) is 0 Å². The predicted molar refractivity (Wildman–Crippen MR) is 116 cm³/mol. The Morgan fingerprint density at radius 2 is 0.889 bits per heavy atom. The summed E-state index contributed by atoms with van der Waals surface area (Å²) in [6.45, 7) is 0. The van der Waals surface area contributed by atoms with Crippen LogP contribution in [0.25, 0.3) is 0 Å². The van der Waals surface area contributed by atoms with Gasteiger partial charge in [0.1, 0.15) is 11.5 Å². The Morgan fingerprint density at radius 3 is 1.04 bits per heavy atom. The number of benzene rings is 2. The molecule has 2 nitrogen and oxygen atoms in total. The number of hydrogen-bond donors (Lipinski definition) is 2. The second-order valence-electron chi connectivity index (χ2n) is 4.88. The van der Waals surface area contributed by atoms with Crippen LogP contribution in [0.4, 0.5) is 0 Å². The van der Waals surface area contributed by atoms with Crippen LogP contribution < -0.4 is 0 Å². The number of rotatable bonds is 0. The third-order valence-corrected chi connectivity index (χ3v) is 3.71. The maximum Gasteiger partial charge on any atom is 2.00 e. The summed E-state index contributed by atoms with van der Waals surface area (Å²) in [4.78, 5) is 0. The van der Waals surface area contributed by atoms with Gasteiger partial charge in [-0.3, -0.25) is 0 Å². The Morgan fingerprint density at radius 1 is 0.556 bits per heavy atom. The van der Waals surface area contributed by atoms with Gasteiger partial charge in [0.2, 0.25) is 0 Å². The molecule has 0 aliphatic rings. The molecule has 2 N–H and O–H groups in total. The first-order chi connectivity index (χ1) is 12.6. The van der Waals surface area contributed by atoms with Crippen molar-refractivity contribution in [1.82, 2.24) is 0 Å². The van der Waals surface area contributed by atoms with E-state index in [2.05, 4.69) is 31.9 Å². The van der Waals surface area contributed by atoms with Gasteiger partial charge in [0, 0.05) is 8.95 Å². The SMILES string of the molecule is Oc1cccc(Br)c1.Oc1cccc(Br)c1.[Zr+2].c1cc[cH-]c1.c1cc[cH-]c1. The molecule has 0 saturated carbocycles. The number of aromatic hydroxyl groups is 2. The predicted octanol–water partition coefficient (Wildman–Crippen LogP) is 7.12. The zero-order valence-electron chi connectivity index (χ0n) is 14.5.